The molecule has 0 bridgehead atoms. The van der Waals surface area contributed by atoms with Crippen LogP contribution in [-0.2, 0) is 13.2 Å². The zero-order valence-corrected chi connectivity index (χ0v) is 14.1. The third-order valence-electron chi connectivity index (χ3n) is 3.19. The maximum atomic E-state index is 12.7. The number of aromatic nitrogens is 3. The van der Waals surface area contributed by atoms with Gasteiger partial charge in [-0.1, -0.05) is 11.8 Å². The molecule has 9 heteroatoms. The molecule has 1 atom stereocenters. The van der Waals surface area contributed by atoms with Crippen LogP contribution < -0.4 is 4.74 Å². The van der Waals surface area contributed by atoms with E-state index in [4.69, 9.17) is 4.74 Å². The predicted octanol–water partition coefficient (Wildman–Crippen LogP) is 3.60. The van der Waals surface area contributed by atoms with E-state index in [1.54, 1.807) is 31.2 Å². The number of thioether (sulfide) groups is 1. The van der Waals surface area contributed by atoms with E-state index in [1.165, 1.54) is 7.05 Å². The van der Waals surface area contributed by atoms with Crippen molar-refractivity contribution >= 4 is 17.5 Å². The fourth-order valence-corrected chi connectivity index (χ4v) is 2.88. The van der Waals surface area contributed by atoms with Crippen LogP contribution in [0.2, 0.25) is 0 Å². The molecule has 0 aliphatic heterocycles. The number of Topliss-reactive ketones (excluding diaryl/α,β-unsaturated/α-hetero) is 1. The van der Waals surface area contributed by atoms with Gasteiger partial charge in [0.2, 0.25) is 5.82 Å². The van der Waals surface area contributed by atoms with Crippen LogP contribution in [0.1, 0.15) is 30.0 Å². The van der Waals surface area contributed by atoms with Gasteiger partial charge in [-0.3, -0.25) is 4.79 Å². The lowest BCUT2D eigenvalue weighted by molar-refractivity contribution is -0.147. The Morgan fingerprint density at radius 3 is 2.42 bits per heavy atom. The van der Waals surface area contributed by atoms with Gasteiger partial charge in [-0.05, 0) is 38.1 Å². The normalized spacial score (nSPS) is 12.9. The summed E-state index contributed by atoms with van der Waals surface area (Å²) in [7, 11) is 1.22. The van der Waals surface area contributed by atoms with Crippen molar-refractivity contribution in [2.75, 3.05) is 6.61 Å². The number of hydrogen-bond acceptors (Lipinski definition) is 5. The quantitative estimate of drug-likeness (QED) is 0.583. The van der Waals surface area contributed by atoms with E-state index in [0.29, 0.717) is 17.9 Å². The molecule has 2 aromatic rings. The molecular weight excluding hydrogens is 343 g/mol. The minimum Gasteiger partial charge on any atom is -0.494 e. The van der Waals surface area contributed by atoms with Crippen LogP contribution in [0.3, 0.4) is 0 Å². The number of halogens is 3. The molecular formula is C15H16F3N3O2S. The van der Waals surface area contributed by atoms with Gasteiger partial charge in [0.25, 0.3) is 0 Å². The van der Waals surface area contributed by atoms with Gasteiger partial charge >= 0.3 is 6.18 Å². The molecule has 0 saturated heterocycles. The van der Waals surface area contributed by atoms with Crippen LogP contribution in [0, 0.1) is 0 Å². The highest BCUT2D eigenvalue weighted by atomic mass is 32.2. The van der Waals surface area contributed by atoms with E-state index < -0.39 is 17.3 Å². The van der Waals surface area contributed by atoms with Gasteiger partial charge in [-0.25, -0.2) is 0 Å². The van der Waals surface area contributed by atoms with E-state index in [2.05, 4.69) is 10.2 Å². The Kier molecular flexibility index (Phi) is 5.53. The third-order valence-corrected chi connectivity index (χ3v) is 4.32. The fraction of sp³-hybridized carbons (Fsp3) is 0.400. The van der Waals surface area contributed by atoms with E-state index in [-0.39, 0.29) is 10.9 Å². The molecule has 24 heavy (non-hydrogen) atoms. The topological polar surface area (TPSA) is 57.0 Å². The van der Waals surface area contributed by atoms with Gasteiger partial charge < -0.3 is 9.30 Å². The Balaban J connectivity index is 2.10. The number of rotatable bonds is 6. The second kappa shape index (κ2) is 7.25. The highest BCUT2D eigenvalue weighted by Gasteiger charge is 2.37. The van der Waals surface area contributed by atoms with Crippen molar-refractivity contribution in [3.05, 3.63) is 35.7 Å². The van der Waals surface area contributed by atoms with Crippen LogP contribution in [-0.4, -0.2) is 32.4 Å². The Morgan fingerprint density at radius 1 is 1.29 bits per heavy atom. The molecule has 1 heterocycles. The summed E-state index contributed by atoms with van der Waals surface area (Å²) in [5, 5.41) is 6.10. The van der Waals surface area contributed by atoms with Crippen LogP contribution in [0.4, 0.5) is 13.2 Å². The summed E-state index contributed by atoms with van der Waals surface area (Å²) in [6, 6.07) is 6.61. The number of carbonyl (C=O) groups excluding carboxylic acids is 1. The monoisotopic (exact) mass is 359 g/mol. The molecule has 1 aromatic carbocycles. The number of carbonyl (C=O) groups is 1. The molecule has 0 N–H and O–H groups in total. The van der Waals surface area contributed by atoms with Crippen LogP contribution in [0.25, 0.3) is 0 Å². The minimum atomic E-state index is -4.58. The molecule has 0 aliphatic rings. The molecule has 0 radical (unpaired) electrons. The number of nitrogens with zero attached hydrogens (tertiary/aromatic N) is 3. The zero-order chi connectivity index (χ0) is 17.9. The van der Waals surface area contributed by atoms with E-state index in [0.717, 1.165) is 16.3 Å². The standard InChI is InChI=1S/C15H16F3N3O2S/c1-4-23-11-7-5-10(6-8-11)12(22)9(2)24-14-20-19-13(21(14)3)15(16,17)18/h5-9H,4H2,1-3H3/t9-/m0/s1. The van der Waals surface area contributed by atoms with Crippen molar-refractivity contribution in [3.8, 4) is 5.75 Å². The summed E-state index contributed by atoms with van der Waals surface area (Å²) in [6.45, 7) is 3.99. The van der Waals surface area contributed by atoms with Crippen LogP contribution in [0.5, 0.6) is 5.75 Å². The number of ketones is 1. The summed E-state index contributed by atoms with van der Waals surface area (Å²) < 4.78 is 44.3. The van der Waals surface area contributed by atoms with E-state index >= 15 is 0 Å². The molecule has 0 spiro atoms. The number of benzene rings is 1. The lowest BCUT2D eigenvalue weighted by Gasteiger charge is -2.11. The average molecular weight is 359 g/mol. The predicted molar refractivity (Wildman–Crippen MR) is 83.3 cm³/mol. The van der Waals surface area contributed by atoms with Crippen molar-refractivity contribution in [1.29, 1.82) is 0 Å². The van der Waals surface area contributed by atoms with Crippen molar-refractivity contribution < 1.29 is 22.7 Å². The Hall–Kier alpha value is -2.03. The molecule has 1 aromatic heterocycles. The van der Waals surface area contributed by atoms with Gasteiger partial charge in [0.05, 0.1) is 11.9 Å². The van der Waals surface area contributed by atoms with E-state index in [1.807, 2.05) is 6.92 Å². The molecule has 0 fully saturated rings. The van der Waals surface area contributed by atoms with Crippen molar-refractivity contribution in [2.24, 2.45) is 7.05 Å². The first-order chi connectivity index (χ1) is 11.2. The maximum Gasteiger partial charge on any atom is 0.451 e. The van der Waals surface area contributed by atoms with Gasteiger partial charge in [0.1, 0.15) is 5.75 Å². The molecule has 130 valence electrons. The number of hydrogen-bond donors (Lipinski definition) is 0. The number of ether oxygens (including phenoxy) is 1. The largest absolute Gasteiger partial charge is 0.494 e. The molecule has 0 aliphatic carbocycles. The average Bonchev–Trinajstić information content (AvgIpc) is 2.88. The highest BCUT2D eigenvalue weighted by molar-refractivity contribution is 8.00. The summed E-state index contributed by atoms with van der Waals surface area (Å²) in [5.41, 5.74) is 0.455. The molecule has 0 saturated carbocycles. The minimum absolute atomic E-state index is 0.0362. The summed E-state index contributed by atoms with van der Waals surface area (Å²) in [4.78, 5) is 12.4. The third kappa shape index (κ3) is 4.08. The lowest BCUT2D eigenvalue weighted by Crippen LogP contribution is -2.16. The zero-order valence-electron chi connectivity index (χ0n) is 13.3. The maximum absolute atomic E-state index is 12.7. The molecule has 2 rings (SSSR count). The summed E-state index contributed by atoms with van der Waals surface area (Å²) in [6.07, 6.45) is -4.58. The van der Waals surface area contributed by atoms with Gasteiger partial charge in [-0.15, -0.1) is 10.2 Å². The van der Waals surface area contributed by atoms with Crippen molar-refractivity contribution in [2.45, 2.75) is 30.4 Å². The smallest absolute Gasteiger partial charge is 0.451 e. The highest BCUT2D eigenvalue weighted by Crippen LogP contribution is 2.31. The van der Waals surface area contributed by atoms with E-state index in [9.17, 15) is 18.0 Å². The first-order valence-electron chi connectivity index (χ1n) is 7.14. The van der Waals surface area contributed by atoms with Crippen molar-refractivity contribution in [1.82, 2.24) is 14.8 Å². The Morgan fingerprint density at radius 2 is 1.92 bits per heavy atom. The fourth-order valence-electron chi connectivity index (χ4n) is 1.99. The van der Waals surface area contributed by atoms with Gasteiger partial charge in [0.15, 0.2) is 10.9 Å². The summed E-state index contributed by atoms with van der Waals surface area (Å²) >= 11 is 0.933. The Bertz CT molecular complexity index is 714. The molecule has 5 nitrogen and oxygen atoms in total. The molecule has 0 unspecified atom stereocenters. The van der Waals surface area contributed by atoms with Crippen LogP contribution in [0.15, 0.2) is 29.4 Å². The Labute approximate surface area is 141 Å². The van der Waals surface area contributed by atoms with Gasteiger partial charge in [-0.2, -0.15) is 13.2 Å². The molecule has 0 amide bonds. The van der Waals surface area contributed by atoms with Crippen molar-refractivity contribution in [3.63, 3.8) is 0 Å². The summed E-state index contributed by atoms with van der Waals surface area (Å²) in [5.74, 6) is -0.650. The number of alkyl halides is 3. The van der Waals surface area contributed by atoms with Crippen LogP contribution >= 0.6 is 11.8 Å². The lowest BCUT2D eigenvalue weighted by atomic mass is 10.1. The second-order valence-corrected chi connectivity index (χ2v) is 6.25. The van der Waals surface area contributed by atoms with Gasteiger partial charge in [0, 0.05) is 12.6 Å². The first kappa shape index (κ1) is 18.3. The SMILES string of the molecule is CCOc1ccc(C(=O)[C@H](C)Sc2nnc(C(F)(F)F)n2C)cc1. The first-order valence-corrected chi connectivity index (χ1v) is 8.02. The second-order valence-electron chi connectivity index (χ2n) is 4.94.